The third-order valence-corrected chi connectivity index (χ3v) is 5.31. The Morgan fingerprint density at radius 1 is 1.26 bits per heavy atom. The predicted molar refractivity (Wildman–Crippen MR) is 108 cm³/mol. The van der Waals surface area contributed by atoms with Crippen molar-refractivity contribution in [3.05, 3.63) is 58.7 Å². The van der Waals surface area contributed by atoms with Gasteiger partial charge in [-0.3, -0.25) is 15.2 Å². The number of rotatable bonds is 4. The summed E-state index contributed by atoms with van der Waals surface area (Å²) in [7, 11) is 0. The summed E-state index contributed by atoms with van der Waals surface area (Å²) in [6, 6.07) is 12.3. The number of carbonyl (C=O) groups excluding carboxylic acids is 1. The summed E-state index contributed by atoms with van der Waals surface area (Å²) in [5.41, 5.74) is 3.21. The Morgan fingerprint density at radius 2 is 2.11 bits per heavy atom. The molecule has 3 N–H and O–H groups in total. The molecule has 2 aromatic carbocycles. The fourth-order valence-electron chi connectivity index (χ4n) is 2.70. The average Bonchev–Trinajstić information content (AvgIpc) is 3.28. The van der Waals surface area contributed by atoms with Gasteiger partial charge in [0.2, 0.25) is 0 Å². The lowest BCUT2D eigenvalue weighted by Gasteiger charge is -2.03. The van der Waals surface area contributed by atoms with Gasteiger partial charge in [0.15, 0.2) is 5.13 Å². The van der Waals surface area contributed by atoms with E-state index in [1.54, 1.807) is 18.2 Å². The van der Waals surface area contributed by atoms with Crippen LogP contribution in [0.2, 0.25) is 5.02 Å². The Hall–Kier alpha value is -2.90. The van der Waals surface area contributed by atoms with Crippen molar-refractivity contribution in [1.29, 1.82) is 0 Å². The van der Waals surface area contributed by atoms with Crippen molar-refractivity contribution in [2.24, 2.45) is 0 Å². The molecule has 0 spiro atoms. The molecule has 0 unspecified atom stereocenters. The first-order valence-electron chi connectivity index (χ1n) is 8.28. The topological polar surface area (TPSA) is 90.9 Å². The minimum atomic E-state index is -0.356. The van der Waals surface area contributed by atoms with Crippen molar-refractivity contribution in [2.45, 2.75) is 13.3 Å². The fourth-order valence-corrected chi connectivity index (χ4v) is 3.84. The van der Waals surface area contributed by atoms with Crippen LogP contribution in [0.1, 0.15) is 23.0 Å². The first-order valence-corrected chi connectivity index (χ1v) is 9.48. The van der Waals surface area contributed by atoms with Gasteiger partial charge in [-0.1, -0.05) is 35.9 Å². The molecule has 1 amide bonds. The van der Waals surface area contributed by atoms with Crippen molar-refractivity contribution in [2.75, 3.05) is 5.32 Å². The highest BCUT2D eigenvalue weighted by Crippen LogP contribution is 2.30. The zero-order valence-corrected chi connectivity index (χ0v) is 15.9. The Bertz CT molecular complexity index is 1150. The molecule has 0 fully saturated rings. The van der Waals surface area contributed by atoms with Gasteiger partial charge in [0.1, 0.15) is 11.4 Å². The van der Waals surface area contributed by atoms with E-state index in [1.165, 1.54) is 11.3 Å². The van der Waals surface area contributed by atoms with Gasteiger partial charge in [0, 0.05) is 10.6 Å². The molecular weight excluding hydrogens is 384 g/mol. The van der Waals surface area contributed by atoms with Crippen LogP contribution < -0.4 is 5.32 Å². The number of nitrogens with one attached hydrogen (secondary N) is 2. The summed E-state index contributed by atoms with van der Waals surface area (Å²) in [5.74, 6) is -0.237. The maximum Gasteiger partial charge on any atom is 0.275 e. The summed E-state index contributed by atoms with van der Waals surface area (Å²) in [6.07, 6.45) is 0.840. The first-order chi connectivity index (χ1) is 13.0. The number of fused-ring (bicyclic) bond motifs is 1. The summed E-state index contributed by atoms with van der Waals surface area (Å²) in [4.78, 5) is 16.9. The van der Waals surface area contributed by atoms with Crippen LogP contribution in [0.5, 0.6) is 5.75 Å². The lowest BCUT2D eigenvalue weighted by atomic mass is 10.1. The number of halogens is 1. The predicted octanol–water partition coefficient (Wildman–Crippen LogP) is 4.86. The molecule has 136 valence electrons. The Labute approximate surface area is 163 Å². The number of amides is 1. The number of phenols is 1. The van der Waals surface area contributed by atoms with Crippen LogP contribution in [-0.2, 0) is 6.42 Å². The molecule has 0 bridgehead atoms. The van der Waals surface area contributed by atoms with Crippen LogP contribution in [0.15, 0.2) is 42.5 Å². The number of phenolic OH excluding ortho intramolecular Hbond substituents is 1. The molecule has 0 radical (unpaired) electrons. The zero-order chi connectivity index (χ0) is 19.0. The van der Waals surface area contributed by atoms with Crippen LogP contribution in [0.4, 0.5) is 5.13 Å². The second-order valence-corrected chi connectivity index (χ2v) is 7.42. The maximum absolute atomic E-state index is 12.5. The summed E-state index contributed by atoms with van der Waals surface area (Å²) in [5, 5.41) is 20.8. The Kier molecular flexibility index (Phi) is 4.55. The number of hydrogen-bond acceptors (Lipinski definition) is 5. The number of H-pyrrole nitrogens is 1. The number of aromatic amines is 1. The van der Waals surface area contributed by atoms with Gasteiger partial charge in [-0.15, -0.1) is 0 Å². The SMILES string of the molecule is CCc1ccc(O)c(-c2cc(C(=O)Nc3nc4ccc(Cl)cc4s3)[nH]n2)c1. The number of aromatic nitrogens is 3. The van der Waals surface area contributed by atoms with Crippen LogP contribution in [0, 0.1) is 0 Å². The highest BCUT2D eigenvalue weighted by Gasteiger charge is 2.15. The lowest BCUT2D eigenvalue weighted by Crippen LogP contribution is -2.11. The number of thiazole rings is 1. The normalized spacial score (nSPS) is 11.0. The third-order valence-electron chi connectivity index (χ3n) is 4.14. The molecular formula is C19H15ClN4O2S. The number of carbonyl (C=O) groups is 1. The smallest absolute Gasteiger partial charge is 0.275 e. The van der Waals surface area contributed by atoms with Crippen molar-refractivity contribution in [3.8, 4) is 17.0 Å². The molecule has 0 aliphatic heterocycles. The monoisotopic (exact) mass is 398 g/mol. The molecule has 2 aromatic heterocycles. The quantitative estimate of drug-likeness (QED) is 0.457. The van der Waals surface area contributed by atoms with Crippen molar-refractivity contribution in [1.82, 2.24) is 15.2 Å². The number of benzene rings is 2. The fraction of sp³-hybridized carbons (Fsp3) is 0.105. The Balaban J connectivity index is 1.58. The van der Waals surface area contributed by atoms with Crippen LogP contribution in [0.3, 0.4) is 0 Å². The summed E-state index contributed by atoms with van der Waals surface area (Å²) >= 11 is 7.33. The standard InChI is InChI=1S/C19H15ClN4O2S/c1-2-10-3-6-16(25)12(7-10)14-9-15(24-23-14)18(26)22-19-21-13-5-4-11(20)8-17(13)27-19/h3-9,25H,2H2,1H3,(H,23,24)(H,21,22,26). The molecule has 4 aromatic rings. The van der Waals surface area contributed by atoms with Crippen LogP contribution in [-0.4, -0.2) is 26.2 Å². The summed E-state index contributed by atoms with van der Waals surface area (Å²) in [6.45, 7) is 2.03. The van der Waals surface area contributed by atoms with E-state index >= 15 is 0 Å². The highest BCUT2D eigenvalue weighted by atomic mass is 35.5. The van der Waals surface area contributed by atoms with E-state index in [9.17, 15) is 9.90 Å². The van der Waals surface area contributed by atoms with E-state index in [1.807, 2.05) is 31.2 Å². The molecule has 27 heavy (non-hydrogen) atoms. The van der Waals surface area contributed by atoms with E-state index in [-0.39, 0.29) is 17.4 Å². The van der Waals surface area contributed by atoms with Gasteiger partial charge in [0.05, 0.1) is 15.9 Å². The van der Waals surface area contributed by atoms with Gasteiger partial charge >= 0.3 is 0 Å². The van der Waals surface area contributed by atoms with Gasteiger partial charge in [-0.25, -0.2) is 4.98 Å². The van der Waals surface area contributed by atoms with E-state index in [2.05, 4.69) is 20.5 Å². The van der Waals surface area contributed by atoms with Crippen molar-refractivity contribution in [3.63, 3.8) is 0 Å². The van der Waals surface area contributed by atoms with Crippen LogP contribution >= 0.6 is 22.9 Å². The average molecular weight is 399 g/mol. The van der Waals surface area contributed by atoms with Gasteiger partial charge in [-0.05, 0) is 48.4 Å². The van der Waals surface area contributed by atoms with E-state index < -0.39 is 0 Å². The van der Waals surface area contributed by atoms with E-state index in [0.717, 1.165) is 22.2 Å². The van der Waals surface area contributed by atoms with Gasteiger partial charge < -0.3 is 5.11 Å². The second-order valence-electron chi connectivity index (χ2n) is 5.96. The molecule has 0 saturated carbocycles. The highest BCUT2D eigenvalue weighted by molar-refractivity contribution is 7.22. The van der Waals surface area contributed by atoms with E-state index in [4.69, 9.17) is 11.6 Å². The number of aromatic hydroxyl groups is 1. The number of nitrogens with zero attached hydrogens (tertiary/aromatic N) is 2. The number of anilines is 1. The maximum atomic E-state index is 12.5. The number of hydrogen-bond donors (Lipinski definition) is 3. The van der Waals surface area contributed by atoms with Crippen molar-refractivity contribution >= 4 is 44.2 Å². The molecule has 8 heteroatoms. The third kappa shape index (κ3) is 3.51. The number of aryl methyl sites for hydroxylation is 1. The minimum absolute atomic E-state index is 0.119. The molecule has 4 rings (SSSR count). The van der Waals surface area contributed by atoms with Gasteiger partial charge in [0.25, 0.3) is 5.91 Å². The molecule has 0 aliphatic carbocycles. The van der Waals surface area contributed by atoms with Gasteiger partial charge in [-0.2, -0.15) is 5.10 Å². The Morgan fingerprint density at radius 3 is 2.93 bits per heavy atom. The largest absolute Gasteiger partial charge is 0.507 e. The van der Waals surface area contributed by atoms with Crippen molar-refractivity contribution < 1.29 is 9.90 Å². The minimum Gasteiger partial charge on any atom is -0.507 e. The zero-order valence-electron chi connectivity index (χ0n) is 14.3. The second kappa shape index (κ2) is 7.02. The molecule has 0 saturated heterocycles. The van der Waals surface area contributed by atoms with Crippen LogP contribution in [0.25, 0.3) is 21.5 Å². The first kappa shape index (κ1) is 17.5. The molecule has 6 nitrogen and oxygen atoms in total. The summed E-state index contributed by atoms with van der Waals surface area (Å²) < 4.78 is 0.893. The molecule has 0 atom stereocenters. The van der Waals surface area contributed by atoms with E-state index in [0.29, 0.717) is 21.4 Å². The molecule has 2 heterocycles. The molecule has 0 aliphatic rings. The lowest BCUT2D eigenvalue weighted by molar-refractivity contribution is 0.102.